The molecule has 0 aliphatic carbocycles. The predicted molar refractivity (Wildman–Crippen MR) is 90.9 cm³/mol. The normalized spacial score (nSPS) is 17.9. The number of urea groups is 1. The Morgan fingerprint density at radius 2 is 2.30 bits per heavy atom. The average Bonchev–Trinajstić information content (AvgIpc) is 2.58. The maximum absolute atomic E-state index is 12.4. The molecule has 1 saturated heterocycles. The first-order valence-electron chi connectivity index (χ1n) is 8.22. The summed E-state index contributed by atoms with van der Waals surface area (Å²) in [7, 11) is 0. The van der Waals surface area contributed by atoms with Crippen molar-refractivity contribution in [1.29, 1.82) is 0 Å². The van der Waals surface area contributed by atoms with Gasteiger partial charge in [0, 0.05) is 23.7 Å². The van der Waals surface area contributed by atoms with E-state index < -0.39 is 0 Å². The molecular formula is C17H25ClN2O3. The Morgan fingerprint density at radius 1 is 1.48 bits per heavy atom. The molecule has 5 nitrogen and oxygen atoms in total. The molecule has 0 aromatic heterocycles. The number of hydrogen-bond donors (Lipinski definition) is 2. The van der Waals surface area contributed by atoms with Crippen LogP contribution in [0.3, 0.4) is 0 Å². The van der Waals surface area contributed by atoms with Gasteiger partial charge in [0.05, 0.1) is 19.3 Å². The summed E-state index contributed by atoms with van der Waals surface area (Å²) >= 11 is 6.05. The van der Waals surface area contributed by atoms with Crippen LogP contribution in [0.2, 0.25) is 5.02 Å². The van der Waals surface area contributed by atoms with Gasteiger partial charge in [0.15, 0.2) is 0 Å². The predicted octanol–water partition coefficient (Wildman–Crippen LogP) is 3.19. The highest BCUT2D eigenvalue weighted by molar-refractivity contribution is 6.30. The summed E-state index contributed by atoms with van der Waals surface area (Å²) in [6.07, 6.45) is 3.80. The number of nitrogens with zero attached hydrogens (tertiary/aromatic N) is 1. The molecule has 1 unspecified atom stereocenters. The van der Waals surface area contributed by atoms with E-state index in [0.29, 0.717) is 24.7 Å². The lowest BCUT2D eigenvalue weighted by Crippen LogP contribution is -2.49. The van der Waals surface area contributed by atoms with E-state index in [4.69, 9.17) is 16.3 Å². The highest BCUT2D eigenvalue weighted by Crippen LogP contribution is 2.23. The number of rotatable bonds is 6. The van der Waals surface area contributed by atoms with Crippen LogP contribution in [0, 0.1) is 0 Å². The van der Waals surface area contributed by atoms with E-state index in [-0.39, 0.29) is 18.7 Å². The van der Waals surface area contributed by atoms with E-state index in [2.05, 4.69) is 5.32 Å². The second-order valence-electron chi connectivity index (χ2n) is 5.78. The quantitative estimate of drug-likeness (QED) is 0.836. The number of likely N-dealkylation sites (tertiary alicyclic amines) is 1. The molecular weight excluding hydrogens is 316 g/mol. The van der Waals surface area contributed by atoms with Crippen LogP contribution in [-0.4, -0.2) is 41.8 Å². The molecule has 1 heterocycles. The number of carbonyl (C=O) groups excluding carboxylic acids is 1. The number of nitrogens with one attached hydrogen (secondary N) is 1. The number of ether oxygens (including phenoxy) is 1. The van der Waals surface area contributed by atoms with Crippen LogP contribution >= 0.6 is 11.6 Å². The smallest absolute Gasteiger partial charge is 0.317 e. The fourth-order valence-corrected chi connectivity index (χ4v) is 2.96. The van der Waals surface area contributed by atoms with E-state index in [1.807, 2.05) is 19.1 Å². The van der Waals surface area contributed by atoms with Crippen LogP contribution in [-0.2, 0) is 6.54 Å². The van der Waals surface area contributed by atoms with Crippen molar-refractivity contribution in [2.24, 2.45) is 0 Å². The molecule has 1 aromatic rings. The monoisotopic (exact) mass is 340 g/mol. The van der Waals surface area contributed by atoms with Gasteiger partial charge < -0.3 is 20.1 Å². The Balaban J connectivity index is 1.99. The number of piperidine rings is 1. The summed E-state index contributed by atoms with van der Waals surface area (Å²) in [4.78, 5) is 14.1. The van der Waals surface area contributed by atoms with Gasteiger partial charge in [-0.3, -0.25) is 0 Å². The second kappa shape index (κ2) is 8.99. The number of carbonyl (C=O) groups is 1. The molecule has 0 bridgehead atoms. The Morgan fingerprint density at radius 3 is 3.04 bits per heavy atom. The Labute approximate surface area is 142 Å². The highest BCUT2D eigenvalue weighted by Gasteiger charge is 2.25. The molecule has 1 atom stereocenters. The maximum atomic E-state index is 12.4. The summed E-state index contributed by atoms with van der Waals surface area (Å²) < 4.78 is 5.70. The minimum absolute atomic E-state index is 0.00937. The van der Waals surface area contributed by atoms with Crippen molar-refractivity contribution in [2.45, 2.75) is 45.2 Å². The van der Waals surface area contributed by atoms with Crippen molar-refractivity contribution in [2.75, 3.05) is 19.8 Å². The fourth-order valence-electron chi connectivity index (χ4n) is 2.77. The van der Waals surface area contributed by atoms with Gasteiger partial charge >= 0.3 is 6.03 Å². The van der Waals surface area contributed by atoms with Gasteiger partial charge in [-0.1, -0.05) is 18.5 Å². The third-order valence-corrected chi connectivity index (χ3v) is 4.25. The third kappa shape index (κ3) is 5.01. The second-order valence-corrected chi connectivity index (χ2v) is 6.22. The van der Waals surface area contributed by atoms with E-state index in [1.54, 1.807) is 11.0 Å². The first kappa shape index (κ1) is 17.9. The first-order chi connectivity index (χ1) is 11.2. The lowest BCUT2D eigenvalue weighted by molar-refractivity contribution is 0.108. The average molecular weight is 341 g/mol. The summed E-state index contributed by atoms with van der Waals surface area (Å²) in [5.74, 6) is 0.744. The van der Waals surface area contributed by atoms with Crippen molar-refractivity contribution in [1.82, 2.24) is 10.2 Å². The van der Waals surface area contributed by atoms with Crippen LogP contribution in [0.15, 0.2) is 18.2 Å². The summed E-state index contributed by atoms with van der Waals surface area (Å²) in [6, 6.07) is 5.19. The Kier molecular flexibility index (Phi) is 6.99. The number of halogens is 1. The molecule has 6 heteroatoms. The van der Waals surface area contributed by atoms with Crippen LogP contribution in [0.5, 0.6) is 5.75 Å². The van der Waals surface area contributed by atoms with E-state index in [0.717, 1.165) is 37.0 Å². The zero-order valence-corrected chi connectivity index (χ0v) is 14.3. The zero-order valence-electron chi connectivity index (χ0n) is 13.6. The number of aliphatic hydroxyl groups excluding tert-OH is 1. The molecule has 2 amide bonds. The molecule has 1 aliphatic rings. The number of aliphatic hydroxyl groups is 1. The molecule has 0 radical (unpaired) electrons. The van der Waals surface area contributed by atoms with Gasteiger partial charge in [0.2, 0.25) is 0 Å². The van der Waals surface area contributed by atoms with Gasteiger partial charge in [-0.05, 0) is 43.9 Å². The van der Waals surface area contributed by atoms with E-state index >= 15 is 0 Å². The largest absolute Gasteiger partial charge is 0.493 e. The lowest BCUT2D eigenvalue weighted by Gasteiger charge is -2.34. The molecule has 128 valence electrons. The van der Waals surface area contributed by atoms with Crippen molar-refractivity contribution >= 4 is 17.6 Å². The van der Waals surface area contributed by atoms with Crippen LogP contribution in [0.25, 0.3) is 0 Å². The van der Waals surface area contributed by atoms with Crippen molar-refractivity contribution in [3.05, 3.63) is 28.8 Å². The molecule has 1 fully saturated rings. The van der Waals surface area contributed by atoms with Crippen molar-refractivity contribution < 1.29 is 14.6 Å². The molecule has 2 N–H and O–H groups in total. The van der Waals surface area contributed by atoms with Crippen LogP contribution in [0.1, 0.15) is 38.2 Å². The molecule has 1 aliphatic heterocycles. The minimum atomic E-state index is -0.148. The standard InChI is InChI=1S/C17H25ClN2O3/c1-2-9-23-16-7-6-14(18)10-13(16)11-19-17(22)20-8-4-3-5-15(20)12-21/h6-7,10,15,21H,2-5,8-9,11-12H2,1H3,(H,19,22). The number of benzene rings is 1. The molecule has 2 rings (SSSR count). The molecule has 1 aromatic carbocycles. The maximum Gasteiger partial charge on any atom is 0.317 e. The van der Waals surface area contributed by atoms with Crippen LogP contribution in [0.4, 0.5) is 4.79 Å². The molecule has 23 heavy (non-hydrogen) atoms. The van der Waals surface area contributed by atoms with Crippen molar-refractivity contribution in [3.63, 3.8) is 0 Å². The van der Waals surface area contributed by atoms with Gasteiger partial charge in [-0.25, -0.2) is 4.79 Å². The number of amides is 2. The lowest BCUT2D eigenvalue weighted by atomic mass is 10.0. The molecule has 0 spiro atoms. The van der Waals surface area contributed by atoms with Gasteiger partial charge in [-0.15, -0.1) is 0 Å². The highest BCUT2D eigenvalue weighted by atomic mass is 35.5. The Bertz CT molecular complexity index is 525. The summed E-state index contributed by atoms with van der Waals surface area (Å²) in [5, 5.41) is 12.9. The van der Waals surface area contributed by atoms with Gasteiger partial charge in [-0.2, -0.15) is 0 Å². The Hall–Kier alpha value is -1.46. The SMILES string of the molecule is CCCOc1ccc(Cl)cc1CNC(=O)N1CCCCC1CO. The topological polar surface area (TPSA) is 61.8 Å². The molecule has 0 saturated carbocycles. The van der Waals surface area contributed by atoms with Crippen molar-refractivity contribution in [3.8, 4) is 5.75 Å². The van der Waals surface area contributed by atoms with Crippen LogP contribution < -0.4 is 10.1 Å². The third-order valence-electron chi connectivity index (χ3n) is 4.01. The van der Waals surface area contributed by atoms with Gasteiger partial charge in [0.1, 0.15) is 5.75 Å². The number of hydrogen-bond acceptors (Lipinski definition) is 3. The van der Waals surface area contributed by atoms with E-state index in [1.165, 1.54) is 0 Å². The summed E-state index contributed by atoms with van der Waals surface area (Å²) in [6.45, 7) is 3.72. The summed E-state index contributed by atoms with van der Waals surface area (Å²) in [5.41, 5.74) is 0.858. The fraction of sp³-hybridized carbons (Fsp3) is 0.588. The minimum Gasteiger partial charge on any atom is -0.493 e. The first-order valence-corrected chi connectivity index (χ1v) is 8.60. The van der Waals surface area contributed by atoms with E-state index in [9.17, 15) is 9.90 Å². The van der Waals surface area contributed by atoms with Gasteiger partial charge in [0.25, 0.3) is 0 Å². The zero-order chi connectivity index (χ0) is 16.7.